The summed E-state index contributed by atoms with van der Waals surface area (Å²) < 4.78 is 1.88. The van der Waals surface area contributed by atoms with E-state index in [1.807, 2.05) is 17.9 Å². The maximum absolute atomic E-state index is 4.45. The van der Waals surface area contributed by atoms with Gasteiger partial charge in [0.25, 0.3) is 0 Å². The fraction of sp³-hybridized carbons (Fsp3) is 0.267. The van der Waals surface area contributed by atoms with Gasteiger partial charge < -0.3 is 10.3 Å². The molecular weight excluding hydrogens is 236 g/mol. The van der Waals surface area contributed by atoms with Crippen LogP contribution in [0.2, 0.25) is 0 Å². The smallest absolute Gasteiger partial charge is 0.0671 e. The number of aryl methyl sites for hydroxylation is 2. The summed E-state index contributed by atoms with van der Waals surface area (Å²) in [4.78, 5) is 3.20. The molecule has 0 aliphatic rings. The molecule has 0 amide bonds. The highest BCUT2D eigenvalue weighted by atomic mass is 15.3. The van der Waals surface area contributed by atoms with Crippen LogP contribution in [-0.2, 0) is 20.0 Å². The summed E-state index contributed by atoms with van der Waals surface area (Å²) in [5, 5.41) is 9.15. The molecule has 0 radical (unpaired) electrons. The topological polar surface area (TPSA) is 45.6 Å². The van der Waals surface area contributed by atoms with E-state index in [-0.39, 0.29) is 0 Å². The van der Waals surface area contributed by atoms with Crippen molar-refractivity contribution in [1.82, 2.24) is 14.8 Å². The fourth-order valence-electron chi connectivity index (χ4n) is 2.39. The van der Waals surface area contributed by atoms with Gasteiger partial charge in [0.05, 0.1) is 5.69 Å². The number of hydrogen-bond donors (Lipinski definition) is 2. The Morgan fingerprint density at radius 3 is 3.05 bits per heavy atom. The Bertz CT molecular complexity index is 693. The Kier molecular flexibility index (Phi) is 2.99. The van der Waals surface area contributed by atoms with Crippen molar-refractivity contribution in [2.45, 2.75) is 19.9 Å². The number of anilines is 1. The summed E-state index contributed by atoms with van der Waals surface area (Å²) in [6, 6.07) is 8.44. The van der Waals surface area contributed by atoms with E-state index in [4.69, 9.17) is 0 Å². The Balaban J connectivity index is 1.77. The number of hydrogen-bond acceptors (Lipinski definition) is 2. The Hall–Kier alpha value is -2.23. The molecule has 0 spiro atoms. The molecule has 0 aliphatic carbocycles. The number of nitrogens with one attached hydrogen (secondary N) is 2. The number of nitrogens with zero attached hydrogens (tertiary/aromatic N) is 2. The first-order valence-corrected chi connectivity index (χ1v) is 6.58. The summed E-state index contributed by atoms with van der Waals surface area (Å²) in [6.07, 6.45) is 5.01. The van der Waals surface area contributed by atoms with E-state index in [2.05, 4.69) is 52.8 Å². The largest absolute Gasteiger partial charge is 0.381 e. The van der Waals surface area contributed by atoms with Crippen molar-refractivity contribution in [1.29, 1.82) is 0 Å². The molecular formula is C15H18N4. The van der Waals surface area contributed by atoms with Gasteiger partial charge in [-0.2, -0.15) is 5.10 Å². The maximum atomic E-state index is 4.45. The minimum absolute atomic E-state index is 0.812. The molecule has 0 saturated heterocycles. The molecule has 2 N–H and O–H groups in total. The van der Waals surface area contributed by atoms with Gasteiger partial charge in [-0.25, -0.2) is 0 Å². The third-order valence-electron chi connectivity index (χ3n) is 3.36. The first-order valence-electron chi connectivity index (χ1n) is 6.58. The minimum atomic E-state index is 0.812. The first kappa shape index (κ1) is 11.8. The fourth-order valence-corrected chi connectivity index (χ4v) is 2.39. The molecule has 0 bridgehead atoms. The third kappa shape index (κ3) is 2.34. The van der Waals surface area contributed by atoms with Gasteiger partial charge in [-0.1, -0.05) is 6.92 Å². The van der Waals surface area contributed by atoms with Crippen molar-refractivity contribution in [3.05, 3.63) is 47.9 Å². The molecule has 0 atom stereocenters. The average molecular weight is 254 g/mol. The molecule has 0 fully saturated rings. The van der Waals surface area contributed by atoms with Crippen LogP contribution in [0.15, 0.2) is 36.7 Å². The van der Waals surface area contributed by atoms with Crippen molar-refractivity contribution < 1.29 is 0 Å². The van der Waals surface area contributed by atoms with Gasteiger partial charge >= 0.3 is 0 Å². The van der Waals surface area contributed by atoms with E-state index in [9.17, 15) is 0 Å². The summed E-state index contributed by atoms with van der Waals surface area (Å²) >= 11 is 0. The molecule has 2 aromatic heterocycles. The van der Waals surface area contributed by atoms with Crippen LogP contribution >= 0.6 is 0 Å². The molecule has 19 heavy (non-hydrogen) atoms. The Morgan fingerprint density at radius 2 is 2.21 bits per heavy atom. The van der Waals surface area contributed by atoms with Crippen LogP contribution in [0.4, 0.5) is 5.69 Å². The van der Waals surface area contributed by atoms with Gasteiger partial charge in [-0.3, -0.25) is 4.68 Å². The van der Waals surface area contributed by atoms with E-state index < -0.39 is 0 Å². The van der Waals surface area contributed by atoms with Crippen molar-refractivity contribution in [3.63, 3.8) is 0 Å². The highest BCUT2D eigenvalue weighted by molar-refractivity contribution is 5.82. The zero-order valence-corrected chi connectivity index (χ0v) is 11.3. The number of fused-ring (bicyclic) bond motifs is 1. The normalized spacial score (nSPS) is 11.1. The van der Waals surface area contributed by atoms with Crippen LogP contribution in [0.5, 0.6) is 0 Å². The van der Waals surface area contributed by atoms with E-state index in [1.165, 1.54) is 16.5 Å². The lowest BCUT2D eigenvalue weighted by atomic mass is 10.2. The lowest BCUT2D eigenvalue weighted by Gasteiger charge is -2.06. The van der Waals surface area contributed by atoms with Crippen molar-refractivity contribution in [2.75, 3.05) is 5.32 Å². The molecule has 0 aliphatic heterocycles. The molecule has 4 heteroatoms. The van der Waals surface area contributed by atoms with E-state index in [1.54, 1.807) is 0 Å². The van der Waals surface area contributed by atoms with Gasteiger partial charge in [-0.15, -0.1) is 0 Å². The van der Waals surface area contributed by atoms with Crippen LogP contribution in [-0.4, -0.2) is 14.8 Å². The Labute approximate surface area is 112 Å². The highest BCUT2D eigenvalue weighted by Gasteiger charge is 2.05. The lowest BCUT2D eigenvalue weighted by molar-refractivity contribution is 0.746. The maximum Gasteiger partial charge on any atom is 0.0671 e. The molecule has 3 rings (SSSR count). The van der Waals surface area contributed by atoms with Crippen LogP contribution in [0.25, 0.3) is 10.9 Å². The van der Waals surface area contributed by atoms with Gasteiger partial charge in [-0.05, 0) is 30.7 Å². The number of H-pyrrole nitrogens is 1. The second kappa shape index (κ2) is 4.80. The summed E-state index contributed by atoms with van der Waals surface area (Å²) in [5.41, 5.74) is 4.73. The molecule has 3 aromatic rings. The monoisotopic (exact) mass is 254 g/mol. The van der Waals surface area contributed by atoms with Crippen LogP contribution in [0.1, 0.15) is 18.2 Å². The second-order valence-corrected chi connectivity index (χ2v) is 4.76. The standard InChI is InChI=1S/C15H18N4/c1-3-14-12(10-19(2)18-14)9-17-13-4-5-15-11(8-13)6-7-16-15/h4-8,10,16-17H,3,9H2,1-2H3. The third-order valence-corrected chi connectivity index (χ3v) is 3.36. The van der Waals surface area contributed by atoms with Crippen LogP contribution in [0.3, 0.4) is 0 Å². The van der Waals surface area contributed by atoms with Crippen molar-refractivity contribution in [2.24, 2.45) is 7.05 Å². The van der Waals surface area contributed by atoms with Crippen LogP contribution < -0.4 is 5.32 Å². The Morgan fingerprint density at radius 1 is 1.32 bits per heavy atom. The quantitative estimate of drug-likeness (QED) is 0.751. The second-order valence-electron chi connectivity index (χ2n) is 4.76. The van der Waals surface area contributed by atoms with E-state index in [0.29, 0.717) is 0 Å². The average Bonchev–Trinajstić information content (AvgIpc) is 3.01. The highest BCUT2D eigenvalue weighted by Crippen LogP contribution is 2.19. The van der Waals surface area contributed by atoms with Gasteiger partial charge in [0.1, 0.15) is 0 Å². The SMILES string of the molecule is CCc1nn(C)cc1CNc1ccc2[nH]ccc2c1. The van der Waals surface area contributed by atoms with Gasteiger partial charge in [0, 0.05) is 48.1 Å². The van der Waals surface area contributed by atoms with Gasteiger partial charge in [0.2, 0.25) is 0 Å². The number of aromatic amines is 1. The molecule has 2 heterocycles. The molecule has 4 nitrogen and oxygen atoms in total. The zero-order valence-electron chi connectivity index (χ0n) is 11.3. The lowest BCUT2D eigenvalue weighted by Crippen LogP contribution is -2.00. The van der Waals surface area contributed by atoms with E-state index in [0.717, 1.165) is 24.3 Å². The van der Waals surface area contributed by atoms with E-state index >= 15 is 0 Å². The van der Waals surface area contributed by atoms with Crippen molar-refractivity contribution in [3.8, 4) is 0 Å². The van der Waals surface area contributed by atoms with Crippen molar-refractivity contribution >= 4 is 16.6 Å². The van der Waals surface area contributed by atoms with Gasteiger partial charge in [0.15, 0.2) is 0 Å². The van der Waals surface area contributed by atoms with Crippen LogP contribution in [0, 0.1) is 0 Å². The predicted molar refractivity (Wildman–Crippen MR) is 78.2 cm³/mol. The predicted octanol–water partition coefficient (Wildman–Crippen LogP) is 3.08. The first-order chi connectivity index (χ1) is 9.26. The summed E-state index contributed by atoms with van der Waals surface area (Å²) in [7, 11) is 1.97. The molecule has 1 aromatic carbocycles. The number of rotatable bonds is 4. The minimum Gasteiger partial charge on any atom is -0.381 e. The summed E-state index contributed by atoms with van der Waals surface area (Å²) in [6.45, 7) is 2.95. The number of aromatic nitrogens is 3. The molecule has 0 unspecified atom stereocenters. The molecule has 0 saturated carbocycles. The molecule has 98 valence electrons. The number of benzene rings is 1. The zero-order chi connectivity index (χ0) is 13.2. The summed E-state index contributed by atoms with van der Waals surface area (Å²) in [5.74, 6) is 0.